The van der Waals surface area contributed by atoms with E-state index in [-0.39, 0.29) is 5.91 Å². The zero-order valence-electron chi connectivity index (χ0n) is 16.9. The summed E-state index contributed by atoms with van der Waals surface area (Å²) >= 11 is 0. The molecule has 7 heteroatoms. The van der Waals surface area contributed by atoms with Crippen LogP contribution in [0.4, 0.5) is 0 Å². The van der Waals surface area contributed by atoms with E-state index in [1.165, 1.54) is 27.0 Å². The van der Waals surface area contributed by atoms with E-state index in [1.807, 2.05) is 26.0 Å². The Labute approximate surface area is 164 Å². The average molecular weight is 396 g/mol. The number of hydrogen-bond acceptors (Lipinski definition) is 3. The molecule has 0 spiro atoms. The number of carbonyl (C=O) groups excluding carboxylic acids is 1. The molecular formula is C20H33N3O3S. The number of nitrogens with zero attached hydrogens (tertiary/aromatic N) is 3. The molecule has 0 N–H and O–H groups in total. The molecule has 152 valence electrons. The van der Waals surface area contributed by atoms with Gasteiger partial charge in [-0.1, -0.05) is 51.5 Å². The van der Waals surface area contributed by atoms with Crippen molar-refractivity contribution in [3.63, 3.8) is 0 Å². The molecule has 1 aliphatic rings. The van der Waals surface area contributed by atoms with E-state index >= 15 is 0 Å². The van der Waals surface area contributed by atoms with Gasteiger partial charge in [0.2, 0.25) is 5.91 Å². The minimum Gasteiger partial charge on any atom is -0.340 e. The number of unbranched alkanes of at least 4 members (excludes halogenated alkanes) is 1. The van der Waals surface area contributed by atoms with Crippen LogP contribution in [0, 0.1) is 0 Å². The van der Waals surface area contributed by atoms with Crippen molar-refractivity contribution in [2.45, 2.75) is 46.5 Å². The molecule has 0 radical (unpaired) electrons. The minimum atomic E-state index is -3.42. The topological polar surface area (TPSA) is 60.9 Å². The highest BCUT2D eigenvalue weighted by molar-refractivity contribution is 7.86. The second-order valence-electron chi connectivity index (χ2n) is 6.97. The maximum absolute atomic E-state index is 12.6. The normalized spacial score (nSPS) is 16.1. The lowest BCUT2D eigenvalue weighted by atomic mass is 10.0. The van der Waals surface area contributed by atoms with Crippen molar-refractivity contribution in [2.75, 3.05) is 39.3 Å². The molecule has 1 fully saturated rings. The van der Waals surface area contributed by atoms with Gasteiger partial charge in [-0.3, -0.25) is 4.79 Å². The molecular weight excluding hydrogens is 362 g/mol. The second-order valence-corrected chi connectivity index (χ2v) is 8.90. The first-order valence-electron chi connectivity index (χ1n) is 10.0. The molecule has 27 heavy (non-hydrogen) atoms. The van der Waals surface area contributed by atoms with Gasteiger partial charge in [0.25, 0.3) is 10.2 Å². The Balaban J connectivity index is 1.87. The summed E-state index contributed by atoms with van der Waals surface area (Å²) in [6, 6.07) is 8.27. The SMILES string of the molecule is CCCCc1ccc(CC(=O)N2CCN(S(=O)(=O)N(CC)CC)CC2)cc1. The van der Waals surface area contributed by atoms with Crippen LogP contribution in [0.1, 0.15) is 44.7 Å². The molecule has 0 aromatic heterocycles. The van der Waals surface area contributed by atoms with Crippen LogP contribution in [0.3, 0.4) is 0 Å². The Morgan fingerprint density at radius 3 is 2.04 bits per heavy atom. The number of piperazine rings is 1. The average Bonchev–Trinajstić information content (AvgIpc) is 2.68. The number of hydrogen-bond donors (Lipinski definition) is 0. The van der Waals surface area contributed by atoms with Gasteiger partial charge in [0.15, 0.2) is 0 Å². The highest BCUT2D eigenvalue weighted by Gasteiger charge is 2.31. The number of amides is 1. The number of aryl methyl sites for hydroxylation is 1. The first kappa shape index (κ1) is 21.9. The number of rotatable bonds is 9. The van der Waals surface area contributed by atoms with Crippen LogP contribution in [-0.4, -0.2) is 67.1 Å². The first-order valence-corrected chi connectivity index (χ1v) is 11.4. The van der Waals surface area contributed by atoms with E-state index in [9.17, 15) is 13.2 Å². The zero-order chi connectivity index (χ0) is 19.9. The smallest absolute Gasteiger partial charge is 0.282 e. The van der Waals surface area contributed by atoms with Crippen molar-refractivity contribution in [1.82, 2.24) is 13.5 Å². The summed E-state index contributed by atoms with van der Waals surface area (Å²) in [5.41, 5.74) is 2.32. The van der Waals surface area contributed by atoms with Crippen molar-refractivity contribution in [1.29, 1.82) is 0 Å². The Hall–Kier alpha value is -1.44. The lowest BCUT2D eigenvalue weighted by Crippen LogP contribution is -2.54. The van der Waals surface area contributed by atoms with Crippen LogP contribution in [0.2, 0.25) is 0 Å². The van der Waals surface area contributed by atoms with Gasteiger partial charge >= 0.3 is 0 Å². The van der Waals surface area contributed by atoms with Crippen LogP contribution in [0.15, 0.2) is 24.3 Å². The molecule has 1 aromatic rings. The van der Waals surface area contributed by atoms with Crippen LogP contribution < -0.4 is 0 Å². The standard InChI is InChI=1S/C20H33N3O3S/c1-4-7-8-18-9-11-19(12-10-18)17-20(24)21-13-15-23(16-14-21)27(25,26)22(5-2)6-3/h9-12H,4-8,13-17H2,1-3H3. The molecule has 1 aliphatic heterocycles. The zero-order valence-corrected chi connectivity index (χ0v) is 17.7. The first-order chi connectivity index (χ1) is 12.9. The third-order valence-corrected chi connectivity index (χ3v) is 7.33. The predicted octanol–water partition coefficient (Wildman–Crippen LogP) is 2.30. The van der Waals surface area contributed by atoms with E-state index in [2.05, 4.69) is 19.1 Å². The summed E-state index contributed by atoms with van der Waals surface area (Å²) in [4.78, 5) is 14.4. The molecule has 1 heterocycles. The number of carbonyl (C=O) groups is 1. The van der Waals surface area contributed by atoms with E-state index < -0.39 is 10.2 Å². The van der Waals surface area contributed by atoms with Crippen molar-refractivity contribution in [3.05, 3.63) is 35.4 Å². The van der Waals surface area contributed by atoms with E-state index in [0.717, 1.165) is 12.0 Å². The third kappa shape index (κ3) is 5.77. The lowest BCUT2D eigenvalue weighted by molar-refractivity contribution is -0.131. The molecule has 1 saturated heterocycles. The molecule has 6 nitrogen and oxygen atoms in total. The maximum Gasteiger partial charge on any atom is 0.282 e. The largest absolute Gasteiger partial charge is 0.340 e. The molecule has 0 aliphatic carbocycles. The monoisotopic (exact) mass is 395 g/mol. The van der Waals surface area contributed by atoms with Gasteiger partial charge in [0.05, 0.1) is 6.42 Å². The second kappa shape index (κ2) is 10.2. The fourth-order valence-electron chi connectivity index (χ4n) is 3.37. The maximum atomic E-state index is 12.6. The summed E-state index contributed by atoms with van der Waals surface area (Å²) in [7, 11) is -3.42. The number of benzene rings is 1. The van der Waals surface area contributed by atoms with Crippen LogP contribution in [0.25, 0.3) is 0 Å². The van der Waals surface area contributed by atoms with Gasteiger partial charge in [-0.25, -0.2) is 0 Å². The highest BCUT2D eigenvalue weighted by Crippen LogP contribution is 2.14. The van der Waals surface area contributed by atoms with E-state index in [0.29, 0.717) is 45.7 Å². The molecule has 2 rings (SSSR count). The van der Waals surface area contributed by atoms with E-state index in [1.54, 1.807) is 4.90 Å². The summed E-state index contributed by atoms with van der Waals surface area (Å²) in [6.45, 7) is 8.42. The Morgan fingerprint density at radius 2 is 1.52 bits per heavy atom. The summed E-state index contributed by atoms with van der Waals surface area (Å²) in [6.07, 6.45) is 3.81. The van der Waals surface area contributed by atoms with Gasteiger partial charge < -0.3 is 4.90 Å². The van der Waals surface area contributed by atoms with Gasteiger partial charge in [-0.05, 0) is 24.0 Å². The highest BCUT2D eigenvalue weighted by atomic mass is 32.2. The Kier molecular flexibility index (Phi) is 8.26. The van der Waals surface area contributed by atoms with Crippen molar-refractivity contribution in [3.8, 4) is 0 Å². The van der Waals surface area contributed by atoms with Crippen LogP contribution in [-0.2, 0) is 27.8 Å². The van der Waals surface area contributed by atoms with Crippen molar-refractivity contribution >= 4 is 16.1 Å². The minimum absolute atomic E-state index is 0.0659. The van der Waals surface area contributed by atoms with Gasteiger partial charge in [-0.2, -0.15) is 17.0 Å². The summed E-state index contributed by atoms with van der Waals surface area (Å²) in [5.74, 6) is 0.0659. The van der Waals surface area contributed by atoms with Gasteiger partial charge in [0.1, 0.15) is 0 Å². The molecule has 1 aromatic carbocycles. The quantitative estimate of drug-likeness (QED) is 0.645. The summed E-state index contributed by atoms with van der Waals surface area (Å²) in [5, 5.41) is 0. The molecule has 0 atom stereocenters. The summed E-state index contributed by atoms with van der Waals surface area (Å²) < 4.78 is 28.1. The Bertz CT molecular complexity index is 692. The molecule has 0 bridgehead atoms. The fourth-order valence-corrected chi connectivity index (χ4v) is 4.98. The van der Waals surface area contributed by atoms with Crippen molar-refractivity contribution in [2.24, 2.45) is 0 Å². The van der Waals surface area contributed by atoms with Gasteiger partial charge in [-0.15, -0.1) is 0 Å². The lowest BCUT2D eigenvalue weighted by Gasteiger charge is -2.36. The molecule has 0 saturated carbocycles. The van der Waals surface area contributed by atoms with Gasteiger partial charge in [0, 0.05) is 39.3 Å². The predicted molar refractivity (Wildman–Crippen MR) is 109 cm³/mol. The van der Waals surface area contributed by atoms with E-state index in [4.69, 9.17) is 0 Å². The van der Waals surface area contributed by atoms with Crippen molar-refractivity contribution < 1.29 is 13.2 Å². The molecule has 1 amide bonds. The molecule has 0 unspecified atom stereocenters. The Morgan fingerprint density at radius 1 is 0.963 bits per heavy atom. The third-order valence-electron chi connectivity index (χ3n) is 5.15. The fraction of sp³-hybridized carbons (Fsp3) is 0.650. The van der Waals surface area contributed by atoms with Crippen LogP contribution >= 0.6 is 0 Å². The van der Waals surface area contributed by atoms with Crippen LogP contribution in [0.5, 0.6) is 0 Å².